The van der Waals surface area contributed by atoms with E-state index in [0.717, 1.165) is 4.90 Å². The van der Waals surface area contributed by atoms with Crippen molar-refractivity contribution >= 4 is 17.9 Å². The molecule has 3 rings (SSSR count). The molecule has 0 aromatic heterocycles. The van der Waals surface area contributed by atoms with E-state index in [4.69, 9.17) is 4.74 Å². The van der Waals surface area contributed by atoms with Gasteiger partial charge in [0.2, 0.25) is 0 Å². The van der Waals surface area contributed by atoms with Crippen LogP contribution in [0, 0.1) is 5.41 Å². The standard InChI is InChI=1S/C22H24N2O5/c1-22(2,3)18(23-21(27)28)17(15-11-7-8-12-16(15)29-4)24-19(25)13-9-5-6-10-14(13)20(24)26/h5-12,17-18,23H,1-4H3,(H,27,28). The van der Waals surface area contributed by atoms with Gasteiger partial charge >= 0.3 is 6.09 Å². The Balaban J connectivity index is 2.22. The summed E-state index contributed by atoms with van der Waals surface area (Å²) in [5.74, 6) is -0.443. The highest BCUT2D eigenvalue weighted by atomic mass is 16.5. The number of hydrogen-bond acceptors (Lipinski definition) is 4. The highest BCUT2D eigenvalue weighted by Gasteiger charge is 2.47. The highest BCUT2D eigenvalue weighted by Crippen LogP contribution is 2.42. The summed E-state index contributed by atoms with van der Waals surface area (Å²) < 4.78 is 5.48. The number of hydrogen-bond donors (Lipinski definition) is 2. The number of fused-ring (bicyclic) bond motifs is 1. The van der Waals surface area contributed by atoms with Gasteiger partial charge in [0, 0.05) is 5.56 Å². The lowest BCUT2D eigenvalue weighted by molar-refractivity contribution is 0.0471. The maximum Gasteiger partial charge on any atom is 0.404 e. The van der Waals surface area contributed by atoms with Crippen LogP contribution in [0.5, 0.6) is 5.75 Å². The molecule has 7 nitrogen and oxygen atoms in total. The average molecular weight is 396 g/mol. The molecule has 1 heterocycles. The predicted molar refractivity (Wildman–Crippen MR) is 107 cm³/mol. The lowest BCUT2D eigenvalue weighted by Crippen LogP contribution is -2.53. The van der Waals surface area contributed by atoms with Crippen LogP contribution in [-0.4, -0.2) is 41.1 Å². The van der Waals surface area contributed by atoms with Crippen molar-refractivity contribution in [3.63, 3.8) is 0 Å². The fourth-order valence-electron chi connectivity index (χ4n) is 3.74. The number of carboxylic acid groups (broad SMARTS) is 1. The molecule has 0 radical (unpaired) electrons. The molecule has 29 heavy (non-hydrogen) atoms. The van der Waals surface area contributed by atoms with Gasteiger partial charge in [-0.25, -0.2) is 4.79 Å². The van der Waals surface area contributed by atoms with Gasteiger partial charge in [-0.15, -0.1) is 0 Å². The molecule has 7 heteroatoms. The number of amides is 3. The zero-order valence-electron chi connectivity index (χ0n) is 16.8. The largest absolute Gasteiger partial charge is 0.496 e. The minimum Gasteiger partial charge on any atom is -0.496 e. The Morgan fingerprint density at radius 3 is 2.00 bits per heavy atom. The Bertz CT molecular complexity index is 929. The first-order chi connectivity index (χ1) is 13.7. The molecule has 1 aliphatic heterocycles. The van der Waals surface area contributed by atoms with Crippen molar-refractivity contribution in [2.24, 2.45) is 5.41 Å². The van der Waals surface area contributed by atoms with E-state index in [1.54, 1.807) is 48.5 Å². The summed E-state index contributed by atoms with van der Waals surface area (Å²) in [6.07, 6.45) is -1.23. The first kappa shape index (κ1) is 20.4. The zero-order chi connectivity index (χ0) is 21.3. The van der Waals surface area contributed by atoms with Crippen LogP contribution >= 0.6 is 0 Å². The molecule has 2 aromatic rings. The van der Waals surface area contributed by atoms with Crippen LogP contribution < -0.4 is 10.1 Å². The number of benzene rings is 2. The van der Waals surface area contributed by atoms with E-state index < -0.39 is 35.4 Å². The van der Waals surface area contributed by atoms with Gasteiger partial charge in [-0.3, -0.25) is 14.5 Å². The van der Waals surface area contributed by atoms with Crippen molar-refractivity contribution in [1.82, 2.24) is 10.2 Å². The van der Waals surface area contributed by atoms with Gasteiger partial charge in [-0.1, -0.05) is 51.1 Å². The number of carbonyl (C=O) groups excluding carboxylic acids is 2. The molecular formula is C22H24N2O5. The number of ether oxygens (including phenoxy) is 1. The second-order valence-corrected chi connectivity index (χ2v) is 8.01. The number of rotatable bonds is 5. The van der Waals surface area contributed by atoms with Gasteiger partial charge in [0.05, 0.1) is 30.3 Å². The predicted octanol–water partition coefficient (Wildman–Crippen LogP) is 3.71. The number of para-hydroxylation sites is 1. The van der Waals surface area contributed by atoms with Gasteiger partial charge < -0.3 is 15.2 Å². The van der Waals surface area contributed by atoms with Crippen LogP contribution in [0.2, 0.25) is 0 Å². The number of methoxy groups -OCH3 is 1. The second kappa shape index (κ2) is 7.58. The first-order valence-corrected chi connectivity index (χ1v) is 9.26. The fourth-order valence-corrected chi connectivity index (χ4v) is 3.74. The average Bonchev–Trinajstić information content (AvgIpc) is 2.92. The zero-order valence-corrected chi connectivity index (χ0v) is 16.8. The van der Waals surface area contributed by atoms with Gasteiger partial charge in [0.25, 0.3) is 11.8 Å². The summed E-state index contributed by atoms with van der Waals surface area (Å²) in [5, 5.41) is 12.0. The van der Waals surface area contributed by atoms with Crippen LogP contribution in [0.4, 0.5) is 4.79 Å². The van der Waals surface area contributed by atoms with E-state index in [0.29, 0.717) is 22.4 Å². The molecule has 0 spiro atoms. The summed E-state index contributed by atoms with van der Waals surface area (Å²) in [5.41, 5.74) is 0.554. The van der Waals surface area contributed by atoms with Crippen molar-refractivity contribution in [3.05, 3.63) is 65.2 Å². The molecule has 152 valence electrons. The molecule has 2 aromatic carbocycles. The molecule has 1 aliphatic rings. The van der Waals surface area contributed by atoms with E-state index in [2.05, 4.69) is 5.32 Å². The van der Waals surface area contributed by atoms with Crippen molar-refractivity contribution in [2.75, 3.05) is 7.11 Å². The summed E-state index contributed by atoms with van der Waals surface area (Å²) in [6.45, 7) is 5.57. The summed E-state index contributed by atoms with van der Waals surface area (Å²) in [7, 11) is 1.50. The Hall–Kier alpha value is -3.35. The third kappa shape index (κ3) is 3.68. The SMILES string of the molecule is COc1ccccc1C(C(NC(=O)O)C(C)(C)C)N1C(=O)c2ccccc2C1=O. The first-order valence-electron chi connectivity index (χ1n) is 9.26. The van der Waals surface area contributed by atoms with E-state index >= 15 is 0 Å². The number of nitrogens with one attached hydrogen (secondary N) is 1. The third-order valence-corrected chi connectivity index (χ3v) is 5.09. The second-order valence-electron chi connectivity index (χ2n) is 8.01. The van der Waals surface area contributed by atoms with Gasteiger partial charge in [0.1, 0.15) is 5.75 Å². The fraction of sp³-hybridized carbons (Fsp3) is 0.318. The minimum absolute atomic E-state index is 0.306. The molecule has 0 fully saturated rings. The molecule has 0 saturated carbocycles. The topological polar surface area (TPSA) is 95.9 Å². The van der Waals surface area contributed by atoms with Crippen LogP contribution in [0.25, 0.3) is 0 Å². The molecule has 2 unspecified atom stereocenters. The molecule has 0 saturated heterocycles. The highest BCUT2D eigenvalue weighted by molar-refractivity contribution is 6.21. The molecular weight excluding hydrogens is 372 g/mol. The molecule has 2 atom stereocenters. The summed E-state index contributed by atoms with van der Waals surface area (Å²) in [4.78, 5) is 39.2. The number of carbonyl (C=O) groups is 3. The lowest BCUT2D eigenvalue weighted by Gasteiger charge is -2.41. The van der Waals surface area contributed by atoms with Crippen molar-refractivity contribution in [2.45, 2.75) is 32.9 Å². The van der Waals surface area contributed by atoms with E-state index in [1.807, 2.05) is 20.8 Å². The normalized spacial score (nSPS) is 15.7. The summed E-state index contributed by atoms with van der Waals surface area (Å²) in [6, 6.07) is 11.9. The summed E-state index contributed by atoms with van der Waals surface area (Å²) >= 11 is 0. The Morgan fingerprint density at radius 2 is 1.52 bits per heavy atom. The van der Waals surface area contributed by atoms with Crippen LogP contribution in [0.15, 0.2) is 48.5 Å². The quantitative estimate of drug-likeness (QED) is 0.751. The lowest BCUT2D eigenvalue weighted by atomic mass is 9.79. The molecule has 0 bridgehead atoms. The molecule has 3 amide bonds. The molecule has 0 aliphatic carbocycles. The smallest absolute Gasteiger partial charge is 0.404 e. The van der Waals surface area contributed by atoms with Crippen LogP contribution in [0.3, 0.4) is 0 Å². The minimum atomic E-state index is -1.23. The van der Waals surface area contributed by atoms with Gasteiger partial charge in [-0.05, 0) is 23.6 Å². The van der Waals surface area contributed by atoms with E-state index in [9.17, 15) is 19.5 Å². The van der Waals surface area contributed by atoms with E-state index in [1.165, 1.54) is 7.11 Å². The Morgan fingerprint density at radius 1 is 1.00 bits per heavy atom. The van der Waals surface area contributed by atoms with Crippen molar-refractivity contribution < 1.29 is 24.2 Å². The van der Waals surface area contributed by atoms with Crippen LogP contribution in [0.1, 0.15) is 53.1 Å². The number of nitrogens with zero attached hydrogens (tertiary/aromatic N) is 1. The van der Waals surface area contributed by atoms with Crippen molar-refractivity contribution in [3.8, 4) is 5.75 Å². The third-order valence-electron chi connectivity index (χ3n) is 5.09. The number of imide groups is 1. The van der Waals surface area contributed by atoms with E-state index in [-0.39, 0.29) is 0 Å². The monoisotopic (exact) mass is 396 g/mol. The molecule has 2 N–H and O–H groups in total. The van der Waals surface area contributed by atoms with Crippen LogP contribution in [-0.2, 0) is 0 Å². The maximum atomic E-state index is 13.2. The Labute approximate surface area is 169 Å². The maximum absolute atomic E-state index is 13.2. The van der Waals surface area contributed by atoms with Gasteiger partial charge in [-0.2, -0.15) is 0 Å². The Kier molecular flexibility index (Phi) is 5.33. The van der Waals surface area contributed by atoms with Gasteiger partial charge in [0.15, 0.2) is 0 Å². The van der Waals surface area contributed by atoms with Crippen molar-refractivity contribution in [1.29, 1.82) is 0 Å².